The molecule has 1 aliphatic rings. The van der Waals surface area contributed by atoms with Crippen molar-refractivity contribution in [3.63, 3.8) is 0 Å². The molecule has 4 rings (SSSR count). The Morgan fingerprint density at radius 3 is 0.698 bits per heavy atom. The molecule has 19 heteroatoms. The van der Waals surface area contributed by atoms with Gasteiger partial charge in [0, 0.05) is 0 Å². The highest BCUT2D eigenvalue weighted by Gasteiger charge is 2.49. The normalized spacial score (nSPS) is 15.4. The lowest BCUT2D eigenvalue weighted by molar-refractivity contribution is 0.737. The Bertz CT molecular complexity index is 1560. The summed E-state index contributed by atoms with van der Waals surface area (Å²) in [6, 6.07) is 0. The van der Waals surface area contributed by atoms with E-state index in [4.69, 9.17) is 149 Å². The lowest BCUT2D eigenvalue weighted by Gasteiger charge is -2.50. The molecule has 0 saturated heterocycles. The van der Waals surface area contributed by atoms with Gasteiger partial charge in [-0.25, -0.2) is 0 Å². The average Bonchev–Trinajstić information content (AvgIpc) is 3.16. The molecule has 0 fully saturated rings. The van der Waals surface area contributed by atoms with Crippen molar-refractivity contribution in [1.29, 1.82) is 0 Å². The Balaban J connectivity index is 2.60. The van der Waals surface area contributed by atoms with Crippen LogP contribution in [0.25, 0.3) is 0 Å². The monoisotopic (exact) mass is 498 g/mol. The van der Waals surface area contributed by atoms with E-state index in [9.17, 15) is 0 Å². The summed E-state index contributed by atoms with van der Waals surface area (Å²) in [5.74, 6) is -1.31. The molecule has 0 aliphatic heterocycles. The van der Waals surface area contributed by atoms with Gasteiger partial charge in [0.15, 0.2) is 0 Å². The standard InChI is InChI=1S/C24HB19/c25-5-1(6(26)14(34)13(5)33)24(2-7(27)15(35)21(41)16(36)8(2)28,3-9(29)17(37)22(42)18(38)10(3)30)4-11(31)19(39)23(43)20(40)12(4)32/h5H. The van der Waals surface area contributed by atoms with Crippen LogP contribution in [-0.4, -0.2) is 149 Å². The van der Waals surface area contributed by atoms with Crippen LogP contribution in [0, 0.1) is 0 Å². The number of hydrogen-bond acceptors (Lipinski definition) is 0. The predicted octanol–water partition coefficient (Wildman–Crippen LogP) is -14.1. The Morgan fingerprint density at radius 2 is 0.512 bits per heavy atom. The fraction of sp³-hybridized carbons (Fsp3) is 0.0833. The molecule has 38 radical (unpaired) electrons. The third-order valence-corrected chi connectivity index (χ3v) is 8.16. The van der Waals surface area contributed by atoms with Crippen molar-refractivity contribution in [3.05, 3.63) is 38.7 Å². The third-order valence-electron chi connectivity index (χ3n) is 8.16. The minimum atomic E-state index is -2.24. The van der Waals surface area contributed by atoms with Gasteiger partial charge in [0.2, 0.25) is 0 Å². The minimum Gasteiger partial charge on any atom is -0.127 e. The second kappa shape index (κ2) is 11.6. The fourth-order valence-electron chi connectivity index (χ4n) is 5.77. The molecule has 0 N–H and O–H groups in total. The van der Waals surface area contributed by atoms with E-state index in [1.165, 1.54) is 0 Å². The number of hydrogen-bond donors (Lipinski definition) is 0. The van der Waals surface area contributed by atoms with E-state index >= 15 is 0 Å². The molecule has 1 aliphatic carbocycles. The van der Waals surface area contributed by atoms with Crippen molar-refractivity contribution in [2.24, 2.45) is 0 Å². The first-order valence-electron chi connectivity index (χ1n) is 12.4. The molecule has 43 heavy (non-hydrogen) atoms. The fourth-order valence-corrected chi connectivity index (χ4v) is 5.77. The van der Waals surface area contributed by atoms with Crippen molar-refractivity contribution in [1.82, 2.24) is 0 Å². The average molecular weight is 495 g/mol. The first-order chi connectivity index (χ1) is 19.8. The lowest BCUT2D eigenvalue weighted by atomic mass is 9.43. The van der Waals surface area contributed by atoms with Crippen molar-refractivity contribution in [2.45, 2.75) is 11.2 Å². The highest BCUT2D eigenvalue weighted by atomic mass is 14.5. The molecule has 0 bridgehead atoms. The Labute approximate surface area is 279 Å². The molecule has 0 aromatic heterocycles. The summed E-state index contributed by atoms with van der Waals surface area (Å²) in [6.45, 7) is 0. The van der Waals surface area contributed by atoms with E-state index in [0.29, 0.717) is 0 Å². The maximum atomic E-state index is 6.71. The Morgan fingerprint density at radius 1 is 0.302 bits per heavy atom. The van der Waals surface area contributed by atoms with Crippen LogP contribution in [0.4, 0.5) is 0 Å². The summed E-state index contributed by atoms with van der Waals surface area (Å²) in [7, 11) is 123. The summed E-state index contributed by atoms with van der Waals surface area (Å²) in [6.07, 6.45) is 0. The SMILES string of the molecule is [B]C1=C([B])C([B])C(C(c2c([B])c([B])c([B])c([B])c2[B])(c2c([B])c([B])c([B])c([B])c2[B])c2c([B])c([B])c([B])c([B])c2[B])=C1[B]. The predicted molar refractivity (Wildman–Crippen MR) is 201 cm³/mol. The second-order valence-corrected chi connectivity index (χ2v) is 10.3. The summed E-state index contributed by atoms with van der Waals surface area (Å²) >= 11 is 0. The third kappa shape index (κ3) is 4.54. The van der Waals surface area contributed by atoms with Gasteiger partial charge < -0.3 is 0 Å². The van der Waals surface area contributed by atoms with Crippen molar-refractivity contribution in [2.75, 3.05) is 0 Å². The van der Waals surface area contributed by atoms with Gasteiger partial charge in [-0.15, -0.1) is 98.4 Å². The van der Waals surface area contributed by atoms with Crippen LogP contribution in [0.1, 0.15) is 16.7 Å². The molecule has 0 heterocycles. The van der Waals surface area contributed by atoms with Crippen molar-refractivity contribution in [3.8, 4) is 0 Å². The first-order valence-corrected chi connectivity index (χ1v) is 12.4. The number of benzene rings is 3. The smallest absolute Gasteiger partial charge is 0.113 e. The van der Waals surface area contributed by atoms with Gasteiger partial charge in [0.25, 0.3) is 0 Å². The molecule has 0 saturated carbocycles. The zero-order valence-electron chi connectivity index (χ0n) is 23.0. The Kier molecular flexibility index (Phi) is 9.26. The topological polar surface area (TPSA) is 0 Å². The molecular weight excluding hydrogens is 494 g/mol. The van der Waals surface area contributed by atoms with Crippen molar-refractivity contribution >= 4 is 231 Å². The molecular formula is C24HB19. The highest BCUT2D eigenvalue weighted by Crippen LogP contribution is 2.51. The van der Waals surface area contributed by atoms with E-state index in [0.717, 1.165) is 0 Å². The molecule has 3 aromatic rings. The van der Waals surface area contributed by atoms with Crippen LogP contribution in [0.5, 0.6) is 0 Å². The number of rotatable bonds is 4. The van der Waals surface area contributed by atoms with Crippen LogP contribution in [0.15, 0.2) is 22.0 Å². The van der Waals surface area contributed by atoms with Crippen LogP contribution in [0.3, 0.4) is 0 Å². The van der Waals surface area contributed by atoms with E-state index < -0.39 is 11.2 Å². The van der Waals surface area contributed by atoms with E-state index in [1.807, 2.05) is 0 Å². The molecule has 154 valence electrons. The second-order valence-electron chi connectivity index (χ2n) is 10.3. The quantitative estimate of drug-likeness (QED) is 0.250. The van der Waals surface area contributed by atoms with Gasteiger partial charge >= 0.3 is 0 Å². The van der Waals surface area contributed by atoms with Crippen LogP contribution >= 0.6 is 0 Å². The van der Waals surface area contributed by atoms with Crippen molar-refractivity contribution < 1.29 is 0 Å². The maximum Gasteiger partial charge on any atom is 0.113 e. The van der Waals surface area contributed by atoms with Crippen LogP contribution in [-0.2, 0) is 5.41 Å². The summed E-state index contributed by atoms with van der Waals surface area (Å²) in [5.41, 5.74) is -6.22. The lowest BCUT2D eigenvalue weighted by Crippen LogP contribution is -2.67. The highest BCUT2D eigenvalue weighted by molar-refractivity contribution is 6.71. The summed E-state index contributed by atoms with van der Waals surface area (Å²) in [4.78, 5) is 0. The van der Waals surface area contributed by atoms with E-state index in [2.05, 4.69) is 0 Å². The molecule has 1 unspecified atom stereocenters. The van der Waals surface area contributed by atoms with Gasteiger partial charge in [-0.3, -0.25) is 0 Å². The van der Waals surface area contributed by atoms with Gasteiger partial charge in [0.1, 0.15) is 141 Å². The first kappa shape index (κ1) is 34.3. The van der Waals surface area contributed by atoms with E-state index in [1.54, 1.807) is 0 Å². The summed E-state index contributed by atoms with van der Waals surface area (Å²) in [5, 5.41) is 0. The number of allylic oxidation sites excluding steroid dienone is 4. The van der Waals surface area contributed by atoms with E-state index in [-0.39, 0.29) is 121 Å². The maximum absolute atomic E-state index is 6.71. The minimum absolute atomic E-state index is 0.0478. The molecule has 3 aromatic carbocycles. The van der Waals surface area contributed by atoms with Crippen LogP contribution in [0.2, 0.25) is 5.82 Å². The zero-order valence-corrected chi connectivity index (χ0v) is 23.0. The summed E-state index contributed by atoms with van der Waals surface area (Å²) < 4.78 is 0. The van der Waals surface area contributed by atoms with Gasteiger partial charge in [-0.1, -0.05) is 5.57 Å². The zero-order chi connectivity index (χ0) is 32.8. The largest absolute Gasteiger partial charge is 0.127 e. The molecule has 0 spiro atoms. The Hall–Kier alpha value is -1.63. The van der Waals surface area contributed by atoms with Gasteiger partial charge in [0.05, 0.1) is 13.3 Å². The molecule has 0 amide bonds. The molecule has 0 nitrogen and oxygen atoms in total. The van der Waals surface area contributed by atoms with Gasteiger partial charge in [-0.2, -0.15) is 0 Å². The molecule has 1 atom stereocenters. The van der Waals surface area contributed by atoms with Crippen LogP contribution < -0.4 is 81.9 Å². The van der Waals surface area contributed by atoms with Gasteiger partial charge in [-0.05, 0) is 22.5 Å².